The van der Waals surface area contributed by atoms with Gasteiger partial charge in [0.1, 0.15) is 5.75 Å². The van der Waals surface area contributed by atoms with Crippen molar-refractivity contribution in [2.75, 3.05) is 45.9 Å². The molecule has 2 aliphatic heterocycles. The number of rotatable bonds is 3. The second-order valence-electron chi connectivity index (χ2n) is 7.02. The fourth-order valence-corrected chi connectivity index (χ4v) is 4.55. The first kappa shape index (κ1) is 20.3. The lowest BCUT2D eigenvalue weighted by Gasteiger charge is -2.38. The van der Waals surface area contributed by atoms with Crippen molar-refractivity contribution in [2.45, 2.75) is 26.2 Å². The van der Waals surface area contributed by atoms with E-state index in [-0.39, 0.29) is 18.5 Å². The summed E-state index contributed by atoms with van der Waals surface area (Å²) in [6.45, 7) is 5.74. The minimum absolute atomic E-state index is 0.0533. The summed E-state index contributed by atoms with van der Waals surface area (Å²) in [7, 11) is 0. The molecule has 0 atom stereocenters. The number of aryl methyl sites for hydroxylation is 1. The van der Waals surface area contributed by atoms with Gasteiger partial charge in [-0.15, -0.1) is 0 Å². The second-order valence-corrected chi connectivity index (χ2v) is 8.34. The van der Waals surface area contributed by atoms with Crippen molar-refractivity contribution in [2.24, 2.45) is 0 Å². The van der Waals surface area contributed by atoms with Gasteiger partial charge in [0.15, 0.2) is 6.61 Å². The van der Waals surface area contributed by atoms with E-state index in [9.17, 15) is 9.59 Å². The summed E-state index contributed by atoms with van der Waals surface area (Å²) in [4.78, 5) is 30.6. The third-order valence-corrected chi connectivity index (χ3v) is 5.80. The van der Waals surface area contributed by atoms with Crippen LogP contribution in [0.2, 0.25) is 5.02 Å². The minimum Gasteiger partial charge on any atom is -0.482 e. The van der Waals surface area contributed by atoms with Gasteiger partial charge in [0.25, 0.3) is 5.91 Å². The molecule has 2 heterocycles. The van der Waals surface area contributed by atoms with Crippen molar-refractivity contribution in [1.82, 2.24) is 14.7 Å². The van der Waals surface area contributed by atoms with Crippen molar-refractivity contribution in [1.29, 1.82) is 0 Å². The Morgan fingerprint density at radius 1 is 1.00 bits per heavy atom. The molecule has 2 saturated heterocycles. The number of ether oxygens (including phenoxy) is 1. The quantitative estimate of drug-likeness (QED) is 0.696. The van der Waals surface area contributed by atoms with Crippen LogP contribution >= 0.6 is 27.5 Å². The summed E-state index contributed by atoms with van der Waals surface area (Å²) in [5.41, 5.74) is 0.874. The van der Waals surface area contributed by atoms with E-state index >= 15 is 0 Å². The Morgan fingerprint density at radius 3 is 2.22 bits per heavy atom. The highest BCUT2D eigenvalue weighted by Crippen LogP contribution is 2.32. The Balaban J connectivity index is 1.48. The summed E-state index contributed by atoms with van der Waals surface area (Å²) in [5, 5.41) is 0.478. The van der Waals surface area contributed by atoms with Gasteiger partial charge < -0.3 is 19.4 Å². The molecule has 3 amide bonds. The van der Waals surface area contributed by atoms with Crippen LogP contribution in [0.15, 0.2) is 16.6 Å². The first-order chi connectivity index (χ1) is 13.0. The van der Waals surface area contributed by atoms with Crippen molar-refractivity contribution in [3.63, 3.8) is 0 Å². The molecular weight excluding hydrogens is 434 g/mol. The Morgan fingerprint density at radius 2 is 1.59 bits per heavy atom. The Bertz CT molecular complexity index is 678. The molecule has 0 unspecified atom stereocenters. The van der Waals surface area contributed by atoms with Gasteiger partial charge in [-0.3, -0.25) is 4.79 Å². The van der Waals surface area contributed by atoms with Gasteiger partial charge >= 0.3 is 6.03 Å². The van der Waals surface area contributed by atoms with E-state index in [1.165, 1.54) is 6.42 Å². The molecule has 3 rings (SSSR count). The van der Waals surface area contributed by atoms with Crippen LogP contribution < -0.4 is 4.74 Å². The number of carbonyl (C=O) groups is 2. The van der Waals surface area contributed by atoms with Crippen LogP contribution in [0, 0.1) is 6.92 Å². The number of amides is 3. The number of benzene rings is 1. The van der Waals surface area contributed by atoms with E-state index in [1.54, 1.807) is 11.0 Å². The van der Waals surface area contributed by atoms with E-state index in [4.69, 9.17) is 16.3 Å². The summed E-state index contributed by atoms with van der Waals surface area (Å²) >= 11 is 9.59. The molecule has 0 saturated carbocycles. The molecule has 0 radical (unpaired) electrons. The number of urea groups is 1. The summed E-state index contributed by atoms with van der Waals surface area (Å²) in [5.74, 6) is 0.450. The van der Waals surface area contributed by atoms with E-state index in [2.05, 4.69) is 15.9 Å². The standard InChI is InChI=1S/C19H25BrClN3O3/c1-14-11-15(20)12-16(21)18(14)27-13-17(25)22-7-9-24(10-8-22)19(26)23-5-3-2-4-6-23/h11-12H,2-10,13H2,1H3. The first-order valence-electron chi connectivity index (χ1n) is 9.36. The maximum absolute atomic E-state index is 12.5. The van der Waals surface area contributed by atoms with Crippen LogP contribution in [0.25, 0.3) is 0 Å². The van der Waals surface area contributed by atoms with Crippen molar-refractivity contribution in [3.8, 4) is 5.75 Å². The maximum atomic E-state index is 12.5. The number of piperazine rings is 1. The van der Waals surface area contributed by atoms with Crippen LogP contribution in [0.4, 0.5) is 4.79 Å². The molecule has 0 aromatic heterocycles. The Kier molecular flexibility index (Phi) is 6.87. The molecule has 148 valence electrons. The van der Waals surface area contributed by atoms with Gasteiger partial charge in [-0.1, -0.05) is 27.5 Å². The van der Waals surface area contributed by atoms with Crippen LogP contribution in [0.5, 0.6) is 5.75 Å². The number of nitrogens with zero attached hydrogens (tertiary/aromatic N) is 3. The summed E-state index contributed by atoms with van der Waals surface area (Å²) < 4.78 is 6.55. The molecule has 0 spiro atoms. The average molecular weight is 459 g/mol. The number of likely N-dealkylation sites (tertiary alicyclic amines) is 1. The summed E-state index contributed by atoms with van der Waals surface area (Å²) in [6.07, 6.45) is 3.37. The van der Waals surface area contributed by atoms with E-state index < -0.39 is 0 Å². The molecule has 1 aromatic carbocycles. The molecular formula is C19H25BrClN3O3. The number of halogens is 2. The Labute approximate surface area is 173 Å². The second kappa shape index (κ2) is 9.15. The fourth-order valence-electron chi connectivity index (χ4n) is 3.53. The van der Waals surface area contributed by atoms with Gasteiger partial charge in [0, 0.05) is 43.7 Å². The van der Waals surface area contributed by atoms with Crippen molar-refractivity contribution in [3.05, 3.63) is 27.2 Å². The lowest BCUT2D eigenvalue weighted by atomic mass is 10.1. The zero-order valence-corrected chi connectivity index (χ0v) is 17.9. The molecule has 0 bridgehead atoms. The van der Waals surface area contributed by atoms with Crippen LogP contribution in [0.3, 0.4) is 0 Å². The summed E-state index contributed by atoms with van der Waals surface area (Å²) in [6, 6.07) is 3.76. The highest BCUT2D eigenvalue weighted by Gasteiger charge is 2.28. The average Bonchev–Trinajstić information content (AvgIpc) is 2.67. The van der Waals surface area contributed by atoms with Gasteiger partial charge in [0.05, 0.1) is 5.02 Å². The molecule has 1 aromatic rings. The molecule has 0 aliphatic carbocycles. The third-order valence-electron chi connectivity index (χ3n) is 5.06. The SMILES string of the molecule is Cc1cc(Br)cc(Cl)c1OCC(=O)N1CCN(C(=O)N2CCCCC2)CC1. The van der Waals surface area contributed by atoms with E-state index in [1.807, 2.05) is 22.8 Å². The van der Waals surface area contributed by atoms with Crippen LogP contribution in [-0.4, -0.2) is 72.5 Å². The molecule has 27 heavy (non-hydrogen) atoms. The maximum Gasteiger partial charge on any atom is 0.320 e. The lowest BCUT2D eigenvalue weighted by Crippen LogP contribution is -2.55. The lowest BCUT2D eigenvalue weighted by molar-refractivity contribution is -0.134. The number of hydrogen-bond donors (Lipinski definition) is 0. The van der Waals surface area contributed by atoms with Crippen LogP contribution in [-0.2, 0) is 4.79 Å². The number of carbonyl (C=O) groups excluding carboxylic acids is 2. The highest BCUT2D eigenvalue weighted by atomic mass is 79.9. The van der Waals surface area contributed by atoms with E-state index in [0.717, 1.165) is 36.0 Å². The van der Waals surface area contributed by atoms with Gasteiger partial charge in [-0.05, 0) is 43.9 Å². The number of hydrogen-bond acceptors (Lipinski definition) is 3. The highest BCUT2D eigenvalue weighted by molar-refractivity contribution is 9.10. The van der Waals surface area contributed by atoms with E-state index in [0.29, 0.717) is 37.0 Å². The molecule has 8 heteroatoms. The monoisotopic (exact) mass is 457 g/mol. The Hall–Kier alpha value is -1.47. The zero-order chi connectivity index (χ0) is 19.4. The van der Waals surface area contributed by atoms with Crippen molar-refractivity contribution >= 4 is 39.5 Å². The smallest absolute Gasteiger partial charge is 0.320 e. The van der Waals surface area contributed by atoms with Gasteiger partial charge in [-0.25, -0.2) is 4.79 Å². The number of piperidine rings is 1. The topological polar surface area (TPSA) is 53.1 Å². The normalized spacial score (nSPS) is 17.8. The first-order valence-corrected chi connectivity index (χ1v) is 10.5. The van der Waals surface area contributed by atoms with Gasteiger partial charge in [-0.2, -0.15) is 0 Å². The van der Waals surface area contributed by atoms with Crippen LogP contribution in [0.1, 0.15) is 24.8 Å². The fraction of sp³-hybridized carbons (Fsp3) is 0.579. The molecule has 0 N–H and O–H groups in total. The van der Waals surface area contributed by atoms with Crippen molar-refractivity contribution < 1.29 is 14.3 Å². The minimum atomic E-state index is -0.0848. The third kappa shape index (κ3) is 5.08. The zero-order valence-electron chi connectivity index (χ0n) is 15.5. The molecule has 2 aliphatic rings. The molecule has 2 fully saturated rings. The molecule has 6 nitrogen and oxygen atoms in total. The predicted octanol–water partition coefficient (Wildman–Crippen LogP) is 3.54. The predicted molar refractivity (Wildman–Crippen MR) is 108 cm³/mol. The van der Waals surface area contributed by atoms with Gasteiger partial charge in [0.2, 0.25) is 0 Å². The largest absolute Gasteiger partial charge is 0.482 e.